The zero-order valence-electron chi connectivity index (χ0n) is 17.4. The average molecular weight is 450 g/mol. The molecule has 1 aliphatic rings. The Kier molecular flexibility index (Phi) is 5.63. The van der Waals surface area contributed by atoms with Gasteiger partial charge in [-0.3, -0.25) is 14.5 Å². The highest BCUT2D eigenvalue weighted by Gasteiger charge is 2.47. The van der Waals surface area contributed by atoms with Gasteiger partial charge in [0.25, 0.3) is 11.7 Å². The Labute approximate surface area is 189 Å². The average Bonchev–Trinajstić information content (AvgIpc) is 3.04. The fourth-order valence-corrected chi connectivity index (χ4v) is 4.07. The standard InChI is InChI=1S/C25H20ClNO5/c1-14-6-5-7-15(12-14)22-21(23(29)17-13-16(32-2)10-11-18(17)26)24(30)25(31)27(22)19-8-3-4-9-20(19)28/h3-13,22,28-29H,1-2H3/b23-21+. The number of para-hydroxylation sites is 2. The molecule has 1 heterocycles. The minimum atomic E-state index is -0.967. The number of aromatic hydroxyl groups is 1. The van der Waals surface area contributed by atoms with Gasteiger partial charge in [-0.15, -0.1) is 0 Å². The number of phenols is 1. The summed E-state index contributed by atoms with van der Waals surface area (Å²) in [5, 5.41) is 21.8. The molecule has 7 heteroatoms. The zero-order chi connectivity index (χ0) is 23.0. The summed E-state index contributed by atoms with van der Waals surface area (Å²) in [5.41, 5.74) is 1.72. The number of anilines is 1. The number of rotatable bonds is 4. The summed E-state index contributed by atoms with van der Waals surface area (Å²) in [6, 6.07) is 17.2. The smallest absolute Gasteiger partial charge is 0.300 e. The Balaban J connectivity index is 2.01. The number of ether oxygens (including phenoxy) is 1. The van der Waals surface area contributed by atoms with Crippen molar-refractivity contribution in [2.45, 2.75) is 13.0 Å². The molecule has 0 aliphatic carbocycles. The number of nitrogens with zero attached hydrogens (tertiary/aromatic N) is 1. The van der Waals surface area contributed by atoms with Crippen LogP contribution in [0.2, 0.25) is 5.02 Å². The molecule has 3 aromatic carbocycles. The second-order valence-corrected chi connectivity index (χ2v) is 7.82. The lowest BCUT2D eigenvalue weighted by atomic mass is 9.94. The molecule has 1 amide bonds. The molecule has 0 aromatic heterocycles. The summed E-state index contributed by atoms with van der Waals surface area (Å²) in [5.74, 6) is -1.89. The van der Waals surface area contributed by atoms with Gasteiger partial charge in [0.05, 0.1) is 29.4 Å². The Bertz CT molecular complexity index is 1270. The topological polar surface area (TPSA) is 87.1 Å². The van der Waals surface area contributed by atoms with Crippen molar-refractivity contribution < 1.29 is 24.5 Å². The molecular formula is C25H20ClNO5. The maximum absolute atomic E-state index is 13.2. The number of hydrogen-bond donors (Lipinski definition) is 2. The van der Waals surface area contributed by atoms with E-state index in [1.807, 2.05) is 19.1 Å². The molecule has 0 saturated carbocycles. The quantitative estimate of drug-likeness (QED) is 0.333. The Morgan fingerprint density at radius 1 is 1.03 bits per heavy atom. The molecule has 4 rings (SSSR count). The molecule has 1 fully saturated rings. The molecule has 1 aliphatic heterocycles. The summed E-state index contributed by atoms with van der Waals surface area (Å²) < 4.78 is 5.22. The van der Waals surface area contributed by atoms with Crippen LogP contribution in [0.1, 0.15) is 22.7 Å². The number of carbonyl (C=O) groups is 2. The van der Waals surface area contributed by atoms with E-state index in [1.54, 1.807) is 36.4 Å². The van der Waals surface area contributed by atoms with E-state index in [0.717, 1.165) is 5.56 Å². The van der Waals surface area contributed by atoms with Crippen LogP contribution in [0.4, 0.5) is 5.69 Å². The van der Waals surface area contributed by atoms with Gasteiger partial charge in [-0.1, -0.05) is 53.6 Å². The van der Waals surface area contributed by atoms with Gasteiger partial charge in [0.1, 0.15) is 17.3 Å². The highest BCUT2D eigenvalue weighted by atomic mass is 35.5. The largest absolute Gasteiger partial charge is 0.507 e. The maximum atomic E-state index is 13.2. The normalized spacial score (nSPS) is 17.6. The predicted molar refractivity (Wildman–Crippen MR) is 122 cm³/mol. The van der Waals surface area contributed by atoms with Crippen LogP contribution in [0.25, 0.3) is 5.76 Å². The number of aliphatic hydroxyl groups excluding tert-OH is 1. The van der Waals surface area contributed by atoms with Gasteiger partial charge >= 0.3 is 0 Å². The minimum absolute atomic E-state index is 0.126. The number of methoxy groups -OCH3 is 1. The van der Waals surface area contributed by atoms with Crippen LogP contribution < -0.4 is 9.64 Å². The number of amides is 1. The van der Waals surface area contributed by atoms with Crippen LogP contribution in [0.15, 0.2) is 72.3 Å². The summed E-state index contributed by atoms with van der Waals surface area (Å²) in [6.07, 6.45) is 0. The number of hydrogen-bond acceptors (Lipinski definition) is 5. The van der Waals surface area contributed by atoms with Gasteiger partial charge in [-0.2, -0.15) is 0 Å². The lowest BCUT2D eigenvalue weighted by molar-refractivity contribution is -0.132. The Morgan fingerprint density at radius 2 is 1.78 bits per heavy atom. The van der Waals surface area contributed by atoms with Gasteiger partial charge in [0.15, 0.2) is 0 Å². The van der Waals surface area contributed by atoms with Crippen molar-refractivity contribution in [2.75, 3.05) is 12.0 Å². The molecule has 0 spiro atoms. The highest BCUT2D eigenvalue weighted by Crippen LogP contribution is 2.45. The van der Waals surface area contributed by atoms with Crippen molar-refractivity contribution in [3.05, 3.63) is 94.0 Å². The van der Waals surface area contributed by atoms with Crippen LogP contribution in [0.3, 0.4) is 0 Å². The van der Waals surface area contributed by atoms with Crippen molar-refractivity contribution in [1.29, 1.82) is 0 Å². The molecule has 6 nitrogen and oxygen atoms in total. The second kappa shape index (κ2) is 8.40. The van der Waals surface area contributed by atoms with Crippen molar-refractivity contribution in [3.8, 4) is 11.5 Å². The fraction of sp³-hybridized carbons (Fsp3) is 0.120. The monoisotopic (exact) mass is 449 g/mol. The third-order valence-electron chi connectivity index (χ3n) is 5.37. The summed E-state index contributed by atoms with van der Waals surface area (Å²) in [4.78, 5) is 27.5. The van der Waals surface area contributed by atoms with Crippen LogP contribution >= 0.6 is 11.6 Å². The number of benzene rings is 3. The molecule has 162 valence electrons. The Morgan fingerprint density at radius 3 is 2.47 bits per heavy atom. The first kappa shape index (κ1) is 21.5. The SMILES string of the molecule is COc1ccc(Cl)c(/C(O)=C2\C(=O)C(=O)N(c3ccccc3O)C2c2cccc(C)c2)c1. The van der Waals surface area contributed by atoms with Gasteiger partial charge in [-0.25, -0.2) is 0 Å². The van der Waals surface area contributed by atoms with E-state index in [2.05, 4.69) is 0 Å². The van der Waals surface area contributed by atoms with Crippen LogP contribution in [0.5, 0.6) is 11.5 Å². The molecule has 32 heavy (non-hydrogen) atoms. The molecule has 1 atom stereocenters. The van der Waals surface area contributed by atoms with Crippen molar-refractivity contribution >= 4 is 34.7 Å². The lowest BCUT2D eigenvalue weighted by Gasteiger charge is -2.26. The predicted octanol–water partition coefficient (Wildman–Crippen LogP) is 4.99. The summed E-state index contributed by atoms with van der Waals surface area (Å²) >= 11 is 6.31. The van der Waals surface area contributed by atoms with E-state index < -0.39 is 23.5 Å². The molecular weight excluding hydrogens is 430 g/mol. The molecule has 0 bridgehead atoms. The van der Waals surface area contributed by atoms with Crippen molar-refractivity contribution in [1.82, 2.24) is 0 Å². The number of ketones is 1. The van der Waals surface area contributed by atoms with Crippen molar-refractivity contribution in [3.63, 3.8) is 0 Å². The number of carbonyl (C=O) groups excluding carboxylic acids is 2. The minimum Gasteiger partial charge on any atom is -0.507 e. The van der Waals surface area contributed by atoms with E-state index in [1.165, 1.54) is 30.2 Å². The lowest BCUT2D eigenvalue weighted by Crippen LogP contribution is -2.29. The third kappa shape index (κ3) is 3.59. The van der Waals surface area contributed by atoms with Crippen LogP contribution in [-0.4, -0.2) is 29.0 Å². The van der Waals surface area contributed by atoms with Gasteiger partial charge in [0.2, 0.25) is 0 Å². The molecule has 3 aromatic rings. The van der Waals surface area contributed by atoms with Gasteiger partial charge in [0, 0.05) is 5.56 Å². The fourth-order valence-electron chi connectivity index (χ4n) is 3.86. The number of phenolic OH excluding ortho intramolecular Hbond substituents is 1. The van der Waals surface area contributed by atoms with Crippen LogP contribution in [-0.2, 0) is 9.59 Å². The number of Topliss-reactive ketones (excluding diaryl/α,β-unsaturated/α-hetero) is 1. The highest BCUT2D eigenvalue weighted by molar-refractivity contribution is 6.52. The Hall–Kier alpha value is -3.77. The summed E-state index contributed by atoms with van der Waals surface area (Å²) in [7, 11) is 1.47. The zero-order valence-corrected chi connectivity index (χ0v) is 18.1. The molecule has 2 N–H and O–H groups in total. The van der Waals surface area contributed by atoms with E-state index in [4.69, 9.17) is 16.3 Å². The molecule has 1 saturated heterocycles. The first-order valence-electron chi connectivity index (χ1n) is 9.83. The van der Waals surface area contributed by atoms with Gasteiger partial charge in [-0.05, 0) is 42.8 Å². The van der Waals surface area contributed by atoms with E-state index >= 15 is 0 Å². The number of halogens is 1. The first-order chi connectivity index (χ1) is 15.3. The summed E-state index contributed by atoms with van der Waals surface area (Å²) in [6.45, 7) is 1.88. The van der Waals surface area contributed by atoms with E-state index in [9.17, 15) is 19.8 Å². The number of aliphatic hydroxyl groups is 1. The van der Waals surface area contributed by atoms with E-state index in [0.29, 0.717) is 11.3 Å². The molecule has 0 radical (unpaired) electrons. The van der Waals surface area contributed by atoms with Crippen molar-refractivity contribution in [2.24, 2.45) is 0 Å². The first-order valence-corrected chi connectivity index (χ1v) is 10.2. The number of aryl methyl sites for hydroxylation is 1. The third-order valence-corrected chi connectivity index (χ3v) is 5.70. The van der Waals surface area contributed by atoms with Gasteiger partial charge < -0.3 is 14.9 Å². The second-order valence-electron chi connectivity index (χ2n) is 7.42. The maximum Gasteiger partial charge on any atom is 0.300 e. The molecule has 1 unspecified atom stereocenters. The van der Waals surface area contributed by atoms with Crippen LogP contribution in [0, 0.1) is 6.92 Å². The van der Waals surface area contributed by atoms with E-state index in [-0.39, 0.29) is 27.6 Å².